The van der Waals surface area contributed by atoms with E-state index < -0.39 is 12.1 Å². The zero-order valence-corrected chi connectivity index (χ0v) is 22.5. The van der Waals surface area contributed by atoms with Gasteiger partial charge in [-0.2, -0.15) is 0 Å². The molecule has 0 fully saturated rings. The Balaban J connectivity index is 2.57. The number of fused-ring (bicyclic) bond motifs is 3. The Kier molecular flexibility index (Phi) is 8.40. The molecule has 0 radical (unpaired) electrons. The van der Waals surface area contributed by atoms with Gasteiger partial charge in [0.2, 0.25) is 11.5 Å². The van der Waals surface area contributed by atoms with Crippen LogP contribution in [-0.2, 0) is 11.2 Å². The number of carbonyl (C=O) groups excluding carboxylic acids is 1. The third-order valence-corrected chi connectivity index (χ3v) is 7.02. The maximum absolute atomic E-state index is 13.0. The van der Waals surface area contributed by atoms with Crippen LogP contribution in [0.15, 0.2) is 23.8 Å². The van der Waals surface area contributed by atoms with E-state index in [2.05, 4.69) is 6.92 Å². The van der Waals surface area contributed by atoms with Crippen molar-refractivity contribution in [1.29, 1.82) is 0 Å². The van der Waals surface area contributed by atoms with Crippen molar-refractivity contribution >= 4 is 5.97 Å². The lowest BCUT2D eigenvalue weighted by Gasteiger charge is -2.33. The average molecular weight is 501 g/mol. The van der Waals surface area contributed by atoms with Crippen molar-refractivity contribution in [3.8, 4) is 45.6 Å². The molecule has 0 aliphatic heterocycles. The smallest absolute Gasteiger partial charge is 0.338 e. The Labute approximate surface area is 212 Å². The van der Waals surface area contributed by atoms with Crippen LogP contribution in [0.1, 0.15) is 44.9 Å². The highest BCUT2D eigenvalue weighted by molar-refractivity contribution is 5.94. The molecule has 3 atom stereocenters. The molecule has 2 aromatic rings. The summed E-state index contributed by atoms with van der Waals surface area (Å²) in [7, 11) is 7.58. The first-order valence-electron chi connectivity index (χ1n) is 11.8. The largest absolute Gasteiger partial charge is 0.493 e. The van der Waals surface area contributed by atoms with E-state index in [9.17, 15) is 9.90 Å². The Morgan fingerprint density at radius 3 is 1.94 bits per heavy atom. The van der Waals surface area contributed by atoms with Gasteiger partial charge >= 0.3 is 5.97 Å². The fraction of sp³-hybridized carbons (Fsp3) is 0.464. The SMILES string of the molecule is C/C=C(/C)C(=O)Oc1c(OC)c(OC)cc2c1-c1c(cc(OC)c(OC)c1OC)[C@H](O)[C@H](C)[C@@H](C)C2. The van der Waals surface area contributed by atoms with Crippen LogP contribution in [0.4, 0.5) is 0 Å². The molecule has 0 bridgehead atoms. The zero-order valence-electron chi connectivity index (χ0n) is 22.5. The van der Waals surface area contributed by atoms with Crippen molar-refractivity contribution in [1.82, 2.24) is 0 Å². The highest BCUT2D eigenvalue weighted by Gasteiger charge is 2.37. The summed E-state index contributed by atoms with van der Waals surface area (Å²) in [5.74, 6) is 1.42. The second kappa shape index (κ2) is 11.1. The number of ether oxygens (including phenoxy) is 6. The summed E-state index contributed by atoms with van der Waals surface area (Å²) in [6, 6.07) is 3.63. The first-order valence-corrected chi connectivity index (χ1v) is 11.8. The predicted molar refractivity (Wildman–Crippen MR) is 137 cm³/mol. The fourth-order valence-electron chi connectivity index (χ4n) is 4.63. The molecule has 0 spiro atoms. The third kappa shape index (κ3) is 4.57. The van der Waals surface area contributed by atoms with Crippen LogP contribution < -0.4 is 28.4 Å². The second-order valence-corrected chi connectivity index (χ2v) is 8.93. The van der Waals surface area contributed by atoms with E-state index in [1.807, 2.05) is 13.0 Å². The lowest BCUT2D eigenvalue weighted by Crippen LogP contribution is -2.23. The maximum atomic E-state index is 13.0. The van der Waals surface area contributed by atoms with E-state index in [0.717, 1.165) is 5.56 Å². The van der Waals surface area contributed by atoms with E-state index in [1.165, 1.54) is 35.5 Å². The van der Waals surface area contributed by atoms with Gasteiger partial charge in [-0.3, -0.25) is 0 Å². The first-order chi connectivity index (χ1) is 17.2. The van der Waals surface area contributed by atoms with Crippen LogP contribution >= 0.6 is 0 Å². The number of rotatable bonds is 7. The van der Waals surface area contributed by atoms with Gasteiger partial charge in [-0.05, 0) is 55.4 Å². The molecule has 1 aliphatic carbocycles. The van der Waals surface area contributed by atoms with Gasteiger partial charge in [0.05, 0.1) is 41.7 Å². The standard InChI is InChI=1S/C28H36O8/c1-10-14(2)28(30)36-27-21-17(12-19(31-5)25(27)34-8)11-15(3)16(4)23(29)18-13-20(32-6)24(33-7)26(35-9)22(18)21/h10,12-13,15-16,23,29H,11H2,1-9H3/b14-10-/t15-,16+,23+/m0/s1. The van der Waals surface area contributed by atoms with Crippen LogP contribution in [0, 0.1) is 11.8 Å². The van der Waals surface area contributed by atoms with Crippen LogP contribution in [0.3, 0.4) is 0 Å². The minimum absolute atomic E-state index is 0.0740. The molecule has 0 amide bonds. The van der Waals surface area contributed by atoms with Crippen molar-refractivity contribution in [3.63, 3.8) is 0 Å². The molecule has 8 heteroatoms. The topological polar surface area (TPSA) is 92.7 Å². The van der Waals surface area contributed by atoms with Crippen LogP contribution in [0.2, 0.25) is 0 Å². The second-order valence-electron chi connectivity index (χ2n) is 8.93. The number of benzene rings is 2. The van der Waals surface area contributed by atoms with Gasteiger partial charge in [0, 0.05) is 16.7 Å². The quantitative estimate of drug-likeness (QED) is 0.318. The number of carbonyl (C=O) groups is 1. The van der Waals surface area contributed by atoms with Crippen LogP contribution in [-0.4, -0.2) is 46.6 Å². The van der Waals surface area contributed by atoms with Crippen molar-refractivity contribution in [2.24, 2.45) is 11.8 Å². The molecular weight excluding hydrogens is 464 g/mol. The molecule has 0 unspecified atom stereocenters. The number of methoxy groups -OCH3 is 5. The predicted octanol–water partition coefficient (Wildman–Crippen LogP) is 5.13. The number of allylic oxidation sites excluding steroid dienone is 1. The van der Waals surface area contributed by atoms with Crippen molar-refractivity contribution < 1.29 is 38.3 Å². The summed E-state index contributed by atoms with van der Waals surface area (Å²) in [4.78, 5) is 13.0. The molecule has 0 heterocycles. The molecule has 0 aromatic heterocycles. The number of hydrogen-bond donors (Lipinski definition) is 1. The summed E-state index contributed by atoms with van der Waals surface area (Å²) >= 11 is 0. The molecular formula is C28H36O8. The Bertz CT molecular complexity index is 1170. The summed E-state index contributed by atoms with van der Waals surface area (Å²) in [6.45, 7) is 7.52. The van der Waals surface area contributed by atoms with Gasteiger partial charge in [-0.15, -0.1) is 0 Å². The average Bonchev–Trinajstić information content (AvgIpc) is 2.89. The lowest BCUT2D eigenvalue weighted by molar-refractivity contribution is -0.130. The third-order valence-electron chi connectivity index (χ3n) is 7.02. The monoisotopic (exact) mass is 500 g/mol. The molecule has 2 aromatic carbocycles. The number of aliphatic hydroxyl groups is 1. The summed E-state index contributed by atoms with van der Waals surface area (Å²) in [6.07, 6.45) is 1.40. The van der Waals surface area contributed by atoms with Gasteiger partial charge in [-0.1, -0.05) is 19.9 Å². The van der Waals surface area contributed by atoms with Crippen molar-refractivity contribution in [2.75, 3.05) is 35.5 Å². The molecule has 196 valence electrons. The van der Waals surface area contributed by atoms with E-state index >= 15 is 0 Å². The van der Waals surface area contributed by atoms with E-state index in [1.54, 1.807) is 26.0 Å². The molecule has 3 rings (SSSR count). The number of hydrogen-bond acceptors (Lipinski definition) is 8. The molecule has 1 N–H and O–H groups in total. The summed E-state index contributed by atoms with van der Waals surface area (Å²) < 4.78 is 34.4. The Morgan fingerprint density at radius 1 is 0.861 bits per heavy atom. The van der Waals surface area contributed by atoms with E-state index in [-0.39, 0.29) is 23.3 Å². The van der Waals surface area contributed by atoms with Crippen LogP contribution in [0.5, 0.6) is 34.5 Å². The minimum atomic E-state index is -0.856. The number of esters is 1. The van der Waals surface area contributed by atoms with Gasteiger partial charge in [0.15, 0.2) is 23.0 Å². The lowest BCUT2D eigenvalue weighted by atomic mass is 9.76. The van der Waals surface area contributed by atoms with E-state index in [0.29, 0.717) is 51.7 Å². The number of aliphatic hydroxyl groups excluding tert-OH is 1. The highest BCUT2D eigenvalue weighted by Crippen LogP contribution is 2.57. The fourth-order valence-corrected chi connectivity index (χ4v) is 4.63. The zero-order chi connectivity index (χ0) is 26.7. The Morgan fingerprint density at radius 2 is 1.42 bits per heavy atom. The molecule has 0 saturated heterocycles. The molecule has 0 saturated carbocycles. The van der Waals surface area contributed by atoms with Gasteiger partial charge in [0.25, 0.3) is 0 Å². The summed E-state index contributed by atoms with van der Waals surface area (Å²) in [5, 5.41) is 11.5. The Hall–Kier alpha value is -3.39. The molecule has 8 nitrogen and oxygen atoms in total. The van der Waals surface area contributed by atoms with Gasteiger partial charge in [0.1, 0.15) is 0 Å². The summed E-state index contributed by atoms with van der Waals surface area (Å²) in [5.41, 5.74) is 2.96. The first kappa shape index (κ1) is 27.2. The maximum Gasteiger partial charge on any atom is 0.338 e. The van der Waals surface area contributed by atoms with E-state index in [4.69, 9.17) is 28.4 Å². The molecule has 1 aliphatic rings. The van der Waals surface area contributed by atoms with Crippen LogP contribution in [0.25, 0.3) is 11.1 Å². The van der Waals surface area contributed by atoms with Gasteiger partial charge < -0.3 is 33.5 Å². The normalized spacial score (nSPS) is 19.3. The molecule has 36 heavy (non-hydrogen) atoms. The van der Waals surface area contributed by atoms with Crippen molar-refractivity contribution in [3.05, 3.63) is 34.9 Å². The van der Waals surface area contributed by atoms with Crippen molar-refractivity contribution in [2.45, 2.75) is 40.2 Å². The highest BCUT2D eigenvalue weighted by atomic mass is 16.6. The minimum Gasteiger partial charge on any atom is -0.493 e. The van der Waals surface area contributed by atoms with Gasteiger partial charge in [-0.25, -0.2) is 4.79 Å².